The summed E-state index contributed by atoms with van der Waals surface area (Å²) >= 11 is 1.40. The third-order valence-corrected chi connectivity index (χ3v) is 3.47. The fraction of sp³-hybridized carbons (Fsp3) is 0.143. The quantitative estimate of drug-likeness (QED) is 0.666. The molecule has 0 aliphatic rings. The summed E-state index contributed by atoms with van der Waals surface area (Å²) in [5.41, 5.74) is 5.56. The first-order chi connectivity index (χ1) is 8.68. The lowest BCUT2D eigenvalue weighted by atomic mass is 10.1. The van der Waals surface area contributed by atoms with Gasteiger partial charge in [0.1, 0.15) is 0 Å². The van der Waals surface area contributed by atoms with Crippen molar-refractivity contribution in [1.82, 2.24) is 5.43 Å². The number of thiophene rings is 1. The highest BCUT2D eigenvalue weighted by Crippen LogP contribution is 2.09. The standard InChI is InChI=1S/C14H14N2OS/c1-10-6-3-4-7-12(10)11(2)15-16-14(17)13-8-5-9-18-13/h3-9H,1-2H3,(H,16,17)/b15-11-. The molecule has 92 valence electrons. The molecule has 0 aliphatic heterocycles. The zero-order chi connectivity index (χ0) is 13.0. The number of nitrogens with one attached hydrogen (secondary N) is 1. The highest BCUT2D eigenvalue weighted by Gasteiger charge is 2.06. The number of carbonyl (C=O) groups is 1. The number of benzene rings is 1. The van der Waals surface area contributed by atoms with Crippen LogP contribution in [0, 0.1) is 6.92 Å². The molecule has 1 aromatic carbocycles. The van der Waals surface area contributed by atoms with Crippen molar-refractivity contribution in [3.8, 4) is 0 Å². The van der Waals surface area contributed by atoms with Gasteiger partial charge in [0.2, 0.25) is 0 Å². The van der Waals surface area contributed by atoms with Gasteiger partial charge in [0, 0.05) is 5.56 Å². The molecule has 1 N–H and O–H groups in total. The first kappa shape index (κ1) is 12.5. The SMILES string of the molecule is C/C(=N/NC(=O)c1cccs1)c1ccccc1C. The van der Waals surface area contributed by atoms with Gasteiger partial charge in [-0.2, -0.15) is 5.10 Å². The van der Waals surface area contributed by atoms with Crippen molar-refractivity contribution in [2.75, 3.05) is 0 Å². The fourth-order valence-corrected chi connectivity index (χ4v) is 2.25. The van der Waals surface area contributed by atoms with Gasteiger partial charge in [-0.05, 0) is 30.9 Å². The van der Waals surface area contributed by atoms with Crippen LogP contribution in [0.4, 0.5) is 0 Å². The monoisotopic (exact) mass is 258 g/mol. The molecule has 0 saturated heterocycles. The predicted octanol–water partition coefficient (Wildman–Crippen LogP) is 3.21. The molecular formula is C14H14N2OS. The van der Waals surface area contributed by atoms with Gasteiger partial charge in [-0.15, -0.1) is 11.3 Å². The van der Waals surface area contributed by atoms with Gasteiger partial charge < -0.3 is 0 Å². The number of carbonyl (C=O) groups excluding carboxylic acids is 1. The van der Waals surface area contributed by atoms with Crippen LogP contribution in [0.1, 0.15) is 27.7 Å². The molecule has 2 rings (SSSR count). The minimum absolute atomic E-state index is 0.169. The van der Waals surface area contributed by atoms with Crippen LogP contribution in [-0.2, 0) is 0 Å². The maximum atomic E-state index is 11.7. The van der Waals surface area contributed by atoms with E-state index >= 15 is 0 Å². The molecular weight excluding hydrogens is 244 g/mol. The molecule has 1 heterocycles. The fourth-order valence-electron chi connectivity index (χ4n) is 1.64. The summed E-state index contributed by atoms with van der Waals surface area (Å²) in [5.74, 6) is -0.169. The Balaban J connectivity index is 2.11. The van der Waals surface area contributed by atoms with E-state index in [1.165, 1.54) is 11.3 Å². The lowest BCUT2D eigenvalue weighted by Gasteiger charge is -2.04. The molecule has 0 radical (unpaired) electrons. The molecule has 0 saturated carbocycles. The Morgan fingerprint density at radius 2 is 2.00 bits per heavy atom. The number of hydrogen-bond donors (Lipinski definition) is 1. The van der Waals surface area contributed by atoms with Gasteiger partial charge in [-0.1, -0.05) is 30.3 Å². The van der Waals surface area contributed by atoms with Crippen LogP contribution in [0.25, 0.3) is 0 Å². The van der Waals surface area contributed by atoms with Crippen LogP contribution < -0.4 is 5.43 Å². The Bertz CT molecular complexity index is 573. The molecule has 0 spiro atoms. The van der Waals surface area contributed by atoms with Crippen molar-refractivity contribution in [1.29, 1.82) is 0 Å². The largest absolute Gasteiger partial charge is 0.281 e. The highest BCUT2D eigenvalue weighted by atomic mass is 32.1. The van der Waals surface area contributed by atoms with E-state index < -0.39 is 0 Å². The first-order valence-electron chi connectivity index (χ1n) is 5.62. The first-order valence-corrected chi connectivity index (χ1v) is 6.50. The van der Waals surface area contributed by atoms with E-state index in [2.05, 4.69) is 10.5 Å². The molecule has 4 heteroatoms. The van der Waals surface area contributed by atoms with Gasteiger partial charge in [0.05, 0.1) is 10.6 Å². The molecule has 0 atom stereocenters. The smallest absolute Gasteiger partial charge is 0.266 e. The lowest BCUT2D eigenvalue weighted by Crippen LogP contribution is -2.18. The maximum absolute atomic E-state index is 11.7. The molecule has 1 aromatic heterocycles. The molecule has 3 nitrogen and oxygen atoms in total. The van der Waals surface area contributed by atoms with E-state index in [0.29, 0.717) is 4.88 Å². The second-order valence-corrected chi connectivity index (χ2v) is 4.88. The van der Waals surface area contributed by atoms with E-state index in [1.54, 1.807) is 6.07 Å². The van der Waals surface area contributed by atoms with Gasteiger partial charge in [-0.3, -0.25) is 4.79 Å². The van der Waals surface area contributed by atoms with Crippen molar-refractivity contribution in [3.05, 3.63) is 57.8 Å². The van der Waals surface area contributed by atoms with E-state index in [-0.39, 0.29) is 5.91 Å². The minimum atomic E-state index is -0.169. The van der Waals surface area contributed by atoms with Crippen molar-refractivity contribution >= 4 is 23.0 Å². The third kappa shape index (κ3) is 2.84. The van der Waals surface area contributed by atoms with Crippen molar-refractivity contribution in [3.63, 3.8) is 0 Å². The number of hydrazone groups is 1. The Morgan fingerprint density at radius 3 is 2.67 bits per heavy atom. The Kier molecular flexibility index (Phi) is 3.89. The van der Waals surface area contributed by atoms with Crippen LogP contribution in [0.3, 0.4) is 0 Å². The summed E-state index contributed by atoms with van der Waals surface area (Å²) in [6.45, 7) is 3.91. The lowest BCUT2D eigenvalue weighted by molar-refractivity contribution is 0.0959. The van der Waals surface area contributed by atoms with Crippen LogP contribution in [0.2, 0.25) is 0 Å². The molecule has 0 unspecified atom stereocenters. The van der Waals surface area contributed by atoms with Crippen LogP contribution in [0.5, 0.6) is 0 Å². The Hall–Kier alpha value is -1.94. The number of nitrogens with zero attached hydrogens (tertiary/aromatic N) is 1. The summed E-state index contributed by atoms with van der Waals surface area (Å²) in [6, 6.07) is 11.6. The van der Waals surface area contributed by atoms with Gasteiger partial charge >= 0.3 is 0 Å². The predicted molar refractivity (Wildman–Crippen MR) is 75.2 cm³/mol. The van der Waals surface area contributed by atoms with Crippen molar-refractivity contribution < 1.29 is 4.79 Å². The van der Waals surface area contributed by atoms with Crippen molar-refractivity contribution in [2.45, 2.75) is 13.8 Å². The highest BCUT2D eigenvalue weighted by molar-refractivity contribution is 7.12. The summed E-state index contributed by atoms with van der Waals surface area (Å²) in [4.78, 5) is 12.4. The Morgan fingerprint density at radius 1 is 1.22 bits per heavy atom. The zero-order valence-electron chi connectivity index (χ0n) is 10.3. The van der Waals surface area contributed by atoms with Gasteiger partial charge in [0.25, 0.3) is 5.91 Å². The van der Waals surface area contributed by atoms with Gasteiger partial charge in [-0.25, -0.2) is 5.43 Å². The van der Waals surface area contributed by atoms with Crippen LogP contribution in [-0.4, -0.2) is 11.6 Å². The van der Waals surface area contributed by atoms with Crippen LogP contribution >= 0.6 is 11.3 Å². The minimum Gasteiger partial charge on any atom is -0.266 e. The van der Waals surface area contributed by atoms with E-state index in [9.17, 15) is 4.79 Å². The molecule has 18 heavy (non-hydrogen) atoms. The topological polar surface area (TPSA) is 41.5 Å². The number of rotatable bonds is 3. The zero-order valence-corrected chi connectivity index (χ0v) is 11.1. The second kappa shape index (κ2) is 5.60. The maximum Gasteiger partial charge on any atom is 0.281 e. The average molecular weight is 258 g/mol. The summed E-state index contributed by atoms with van der Waals surface area (Å²) in [7, 11) is 0. The summed E-state index contributed by atoms with van der Waals surface area (Å²) < 4.78 is 0. The third-order valence-electron chi connectivity index (χ3n) is 2.60. The Labute approximate surface area is 110 Å². The normalized spacial score (nSPS) is 11.3. The van der Waals surface area contributed by atoms with E-state index in [1.807, 2.05) is 49.6 Å². The second-order valence-electron chi connectivity index (χ2n) is 3.93. The average Bonchev–Trinajstić information content (AvgIpc) is 2.90. The van der Waals surface area contributed by atoms with E-state index in [4.69, 9.17) is 0 Å². The van der Waals surface area contributed by atoms with E-state index in [0.717, 1.165) is 16.8 Å². The number of aryl methyl sites for hydroxylation is 1. The number of hydrogen-bond acceptors (Lipinski definition) is 3. The molecule has 2 aromatic rings. The molecule has 0 bridgehead atoms. The molecule has 0 fully saturated rings. The molecule has 1 amide bonds. The van der Waals surface area contributed by atoms with Gasteiger partial charge in [0.15, 0.2) is 0 Å². The number of amides is 1. The molecule has 0 aliphatic carbocycles. The van der Waals surface area contributed by atoms with Crippen molar-refractivity contribution in [2.24, 2.45) is 5.10 Å². The van der Waals surface area contributed by atoms with Crippen LogP contribution in [0.15, 0.2) is 46.9 Å². The summed E-state index contributed by atoms with van der Waals surface area (Å²) in [5, 5.41) is 6.00. The summed E-state index contributed by atoms with van der Waals surface area (Å²) in [6.07, 6.45) is 0.